The summed E-state index contributed by atoms with van der Waals surface area (Å²) in [5.74, 6) is 1.42. The molecule has 16 heavy (non-hydrogen) atoms. The molecule has 2 aliphatic rings. The lowest BCUT2D eigenvalue weighted by Crippen LogP contribution is -2.63. The van der Waals surface area contributed by atoms with Crippen LogP contribution in [0.4, 0.5) is 0 Å². The van der Waals surface area contributed by atoms with Crippen LogP contribution >= 0.6 is 11.8 Å². The van der Waals surface area contributed by atoms with Crippen LogP contribution in [-0.4, -0.2) is 35.3 Å². The van der Waals surface area contributed by atoms with E-state index in [1.807, 2.05) is 0 Å². The van der Waals surface area contributed by atoms with Gasteiger partial charge in [-0.05, 0) is 30.4 Å². The molecule has 3 nitrogen and oxygen atoms in total. The number of rotatable bonds is 2. The Kier molecular flexibility index (Phi) is 2.78. The maximum atomic E-state index is 12.0. The lowest BCUT2D eigenvalue weighted by atomic mass is 9.51. The Morgan fingerprint density at radius 3 is 2.38 bits per heavy atom. The van der Waals surface area contributed by atoms with Gasteiger partial charge in [0.05, 0.1) is 12.7 Å². The zero-order valence-electron chi connectivity index (χ0n) is 10.2. The predicted octanol–water partition coefficient (Wildman–Crippen LogP) is 1.83. The lowest BCUT2D eigenvalue weighted by molar-refractivity contribution is -0.206. The number of carbonyl (C=O) groups is 1. The van der Waals surface area contributed by atoms with Gasteiger partial charge in [0.15, 0.2) is 0 Å². The summed E-state index contributed by atoms with van der Waals surface area (Å²) in [4.78, 5) is 12.0. The van der Waals surface area contributed by atoms with E-state index in [2.05, 4.69) is 13.8 Å². The number of aliphatic hydroxyl groups is 1. The van der Waals surface area contributed by atoms with Crippen molar-refractivity contribution < 1.29 is 14.6 Å². The van der Waals surface area contributed by atoms with E-state index < -0.39 is 11.0 Å². The van der Waals surface area contributed by atoms with Crippen LogP contribution in [0, 0.1) is 10.8 Å². The van der Waals surface area contributed by atoms with Gasteiger partial charge in [0, 0.05) is 5.75 Å². The van der Waals surface area contributed by atoms with Crippen LogP contribution in [0.1, 0.15) is 33.1 Å². The van der Waals surface area contributed by atoms with E-state index in [0.29, 0.717) is 18.6 Å². The number of carbonyl (C=O) groups excluding carboxylic acids is 1. The highest BCUT2D eigenvalue weighted by molar-refractivity contribution is 7.99. The number of esters is 1. The van der Waals surface area contributed by atoms with E-state index in [0.717, 1.165) is 12.2 Å². The minimum Gasteiger partial charge on any atom is -0.468 e. The van der Waals surface area contributed by atoms with Gasteiger partial charge in [0.25, 0.3) is 0 Å². The topological polar surface area (TPSA) is 46.5 Å². The van der Waals surface area contributed by atoms with Crippen molar-refractivity contribution in [3.05, 3.63) is 0 Å². The molecule has 4 heteroatoms. The molecule has 1 saturated heterocycles. The van der Waals surface area contributed by atoms with E-state index in [1.165, 1.54) is 7.11 Å². The van der Waals surface area contributed by atoms with E-state index >= 15 is 0 Å². The smallest absolute Gasteiger partial charge is 0.315 e. The fourth-order valence-electron chi connectivity index (χ4n) is 3.35. The molecule has 1 saturated carbocycles. The van der Waals surface area contributed by atoms with E-state index in [4.69, 9.17) is 4.74 Å². The van der Waals surface area contributed by atoms with Crippen molar-refractivity contribution in [1.82, 2.24) is 0 Å². The Balaban J connectivity index is 2.24. The quantitative estimate of drug-likeness (QED) is 0.753. The summed E-state index contributed by atoms with van der Waals surface area (Å²) in [6.45, 7) is 4.27. The average Bonchev–Trinajstić information content (AvgIpc) is 2.63. The number of thioether (sulfide) groups is 1. The molecule has 0 aromatic carbocycles. The second-order valence-electron chi connectivity index (χ2n) is 5.93. The van der Waals surface area contributed by atoms with Crippen molar-refractivity contribution in [2.24, 2.45) is 10.8 Å². The summed E-state index contributed by atoms with van der Waals surface area (Å²) < 4.78 is 4.92. The highest BCUT2D eigenvalue weighted by Gasteiger charge is 2.65. The zero-order chi connectivity index (χ0) is 12.0. The third-order valence-electron chi connectivity index (χ3n) is 4.03. The van der Waals surface area contributed by atoms with Gasteiger partial charge in [-0.2, -0.15) is 11.8 Å². The van der Waals surface area contributed by atoms with Crippen molar-refractivity contribution in [1.29, 1.82) is 0 Å². The molecule has 2 rings (SSSR count). The Bertz CT molecular complexity index is 297. The van der Waals surface area contributed by atoms with Crippen molar-refractivity contribution in [3.8, 4) is 0 Å². The van der Waals surface area contributed by atoms with E-state index in [9.17, 15) is 9.90 Å². The van der Waals surface area contributed by atoms with E-state index in [1.54, 1.807) is 11.8 Å². The second kappa shape index (κ2) is 3.64. The standard InChI is InChI=1S/C12H20O3S/c1-10(2)6-12(14,7-10)11(9(13)15-3)4-5-16-8-11/h14H,4-8H2,1-3H3. The maximum absolute atomic E-state index is 12.0. The second-order valence-corrected chi connectivity index (χ2v) is 7.03. The Morgan fingerprint density at radius 1 is 1.38 bits per heavy atom. The number of hydrogen-bond acceptors (Lipinski definition) is 4. The van der Waals surface area contributed by atoms with Gasteiger partial charge < -0.3 is 9.84 Å². The van der Waals surface area contributed by atoms with Crippen molar-refractivity contribution in [3.63, 3.8) is 0 Å². The summed E-state index contributed by atoms with van der Waals surface area (Å²) in [7, 11) is 1.42. The molecule has 1 aliphatic carbocycles. The largest absolute Gasteiger partial charge is 0.468 e. The van der Waals surface area contributed by atoms with Crippen LogP contribution < -0.4 is 0 Å². The third-order valence-corrected chi connectivity index (χ3v) is 5.22. The average molecular weight is 244 g/mol. The Hall–Kier alpha value is -0.220. The Labute approximate surface area is 101 Å². The molecule has 92 valence electrons. The Morgan fingerprint density at radius 2 is 2.00 bits per heavy atom. The molecule has 1 heterocycles. The van der Waals surface area contributed by atoms with E-state index in [-0.39, 0.29) is 11.4 Å². The van der Waals surface area contributed by atoms with Gasteiger partial charge >= 0.3 is 5.97 Å². The first kappa shape index (κ1) is 12.2. The minimum atomic E-state index is -0.840. The monoisotopic (exact) mass is 244 g/mol. The summed E-state index contributed by atoms with van der Waals surface area (Å²) in [5, 5.41) is 10.7. The van der Waals surface area contributed by atoms with Crippen LogP contribution in [0.5, 0.6) is 0 Å². The number of methoxy groups -OCH3 is 1. The van der Waals surface area contributed by atoms with Crippen molar-refractivity contribution in [2.45, 2.75) is 38.7 Å². The molecule has 1 N–H and O–H groups in total. The fourth-order valence-corrected chi connectivity index (χ4v) is 4.86. The van der Waals surface area contributed by atoms with Crippen LogP contribution in [0.3, 0.4) is 0 Å². The molecule has 2 fully saturated rings. The van der Waals surface area contributed by atoms with Crippen LogP contribution in [0.25, 0.3) is 0 Å². The molecule has 0 bridgehead atoms. The van der Waals surface area contributed by atoms with Crippen LogP contribution in [0.2, 0.25) is 0 Å². The van der Waals surface area contributed by atoms with Gasteiger partial charge in [0.2, 0.25) is 0 Å². The molecular weight excluding hydrogens is 224 g/mol. The molecule has 0 radical (unpaired) electrons. The van der Waals surface area contributed by atoms with Gasteiger partial charge in [-0.3, -0.25) is 4.79 Å². The predicted molar refractivity (Wildman–Crippen MR) is 64.4 cm³/mol. The first-order valence-electron chi connectivity index (χ1n) is 5.74. The molecular formula is C12H20O3S. The van der Waals surface area contributed by atoms with Crippen LogP contribution in [-0.2, 0) is 9.53 Å². The van der Waals surface area contributed by atoms with Gasteiger partial charge in [-0.1, -0.05) is 13.8 Å². The highest BCUT2D eigenvalue weighted by Crippen LogP contribution is 2.60. The van der Waals surface area contributed by atoms with Crippen LogP contribution in [0.15, 0.2) is 0 Å². The summed E-state index contributed by atoms with van der Waals surface area (Å²) in [6.07, 6.45) is 2.16. The van der Waals surface area contributed by atoms with Crippen molar-refractivity contribution in [2.75, 3.05) is 18.6 Å². The third kappa shape index (κ3) is 1.58. The van der Waals surface area contributed by atoms with Crippen molar-refractivity contribution >= 4 is 17.7 Å². The fraction of sp³-hybridized carbons (Fsp3) is 0.917. The highest BCUT2D eigenvalue weighted by atomic mass is 32.2. The summed E-state index contributed by atoms with van der Waals surface area (Å²) >= 11 is 1.74. The zero-order valence-corrected chi connectivity index (χ0v) is 11.0. The minimum absolute atomic E-state index is 0.156. The van der Waals surface area contributed by atoms with Gasteiger partial charge in [-0.15, -0.1) is 0 Å². The lowest BCUT2D eigenvalue weighted by Gasteiger charge is -2.57. The maximum Gasteiger partial charge on any atom is 0.315 e. The SMILES string of the molecule is COC(=O)C1(C2(O)CC(C)(C)C2)CCSC1. The molecule has 1 atom stereocenters. The molecule has 0 aromatic heterocycles. The number of ether oxygens (including phenoxy) is 1. The normalized spacial score (nSPS) is 35.5. The number of hydrogen-bond donors (Lipinski definition) is 1. The molecule has 0 aromatic rings. The molecule has 0 amide bonds. The van der Waals surface area contributed by atoms with Gasteiger partial charge in [0.1, 0.15) is 5.41 Å². The first-order chi connectivity index (χ1) is 7.35. The van der Waals surface area contributed by atoms with Gasteiger partial charge in [-0.25, -0.2) is 0 Å². The molecule has 0 spiro atoms. The molecule has 1 aliphatic heterocycles. The summed E-state index contributed by atoms with van der Waals surface area (Å²) in [6, 6.07) is 0. The summed E-state index contributed by atoms with van der Waals surface area (Å²) in [5.41, 5.74) is -1.34. The molecule has 1 unspecified atom stereocenters. The first-order valence-corrected chi connectivity index (χ1v) is 6.89.